The number of nitrogens with two attached hydrogens (primary N) is 1. The summed E-state index contributed by atoms with van der Waals surface area (Å²) in [6, 6.07) is 8.95. The Balaban J connectivity index is 2.08. The van der Waals surface area contributed by atoms with Gasteiger partial charge in [0, 0.05) is 18.5 Å². The van der Waals surface area contributed by atoms with Crippen molar-refractivity contribution >= 4 is 0 Å². The Kier molecular flexibility index (Phi) is 5.67. The van der Waals surface area contributed by atoms with Crippen LogP contribution < -0.4 is 15.8 Å². The number of benzene rings is 1. The van der Waals surface area contributed by atoms with Crippen LogP contribution in [0.5, 0.6) is 5.75 Å². The van der Waals surface area contributed by atoms with Gasteiger partial charge in [0.1, 0.15) is 5.75 Å². The van der Waals surface area contributed by atoms with Gasteiger partial charge in [-0.1, -0.05) is 25.5 Å². The third-order valence-corrected chi connectivity index (χ3v) is 3.85. The molecule has 3 nitrogen and oxygen atoms in total. The van der Waals surface area contributed by atoms with E-state index in [1.54, 1.807) is 0 Å². The Morgan fingerprint density at radius 2 is 2.32 bits per heavy atom. The number of rotatable bonds is 6. The zero-order valence-electron chi connectivity index (χ0n) is 11.9. The van der Waals surface area contributed by atoms with Gasteiger partial charge >= 0.3 is 0 Å². The molecule has 0 aromatic heterocycles. The second-order valence-electron chi connectivity index (χ2n) is 5.32. The van der Waals surface area contributed by atoms with E-state index in [9.17, 15) is 0 Å². The van der Waals surface area contributed by atoms with Gasteiger partial charge in [-0.15, -0.1) is 0 Å². The molecule has 2 atom stereocenters. The van der Waals surface area contributed by atoms with Gasteiger partial charge in [0.15, 0.2) is 0 Å². The van der Waals surface area contributed by atoms with Crippen molar-refractivity contribution in [3.63, 3.8) is 0 Å². The van der Waals surface area contributed by atoms with Crippen LogP contribution in [0.3, 0.4) is 0 Å². The predicted octanol–water partition coefficient (Wildman–Crippen LogP) is 2.66. The van der Waals surface area contributed by atoms with Gasteiger partial charge in [-0.3, -0.25) is 0 Å². The van der Waals surface area contributed by atoms with Gasteiger partial charge < -0.3 is 15.8 Å². The molecule has 19 heavy (non-hydrogen) atoms. The molecule has 2 unspecified atom stereocenters. The van der Waals surface area contributed by atoms with Crippen molar-refractivity contribution in [2.75, 3.05) is 19.7 Å². The normalized spacial score (nSPS) is 21.1. The molecule has 2 rings (SSSR count). The van der Waals surface area contributed by atoms with Crippen molar-refractivity contribution in [2.45, 2.75) is 44.6 Å². The number of hydrogen-bond donors (Lipinski definition) is 2. The summed E-state index contributed by atoms with van der Waals surface area (Å²) in [6.07, 6.45) is 4.85. The summed E-state index contributed by atoms with van der Waals surface area (Å²) in [5.74, 6) is 1.36. The van der Waals surface area contributed by atoms with E-state index in [-0.39, 0.29) is 0 Å². The standard InChI is InChI=1S/C16H26N2O/c1-2-10-19-14-7-5-6-13(11-14)15(12-17)16-8-3-4-9-18-16/h5-7,11,15-16,18H,2-4,8-10,12,17H2,1H3. The summed E-state index contributed by atoms with van der Waals surface area (Å²) in [5, 5.41) is 3.61. The van der Waals surface area contributed by atoms with Gasteiger partial charge in [0.05, 0.1) is 6.61 Å². The zero-order valence-corrected chi connectivity index (χ0v) is 11.9. The smallest absolute Gasteiger partial charge is 0.119 e. The highest BCUT2D eigenvalue weighted by molar-refractivity contribution is 5.32. The van der Waals surface area contributed by atoms with E-state index in [0.717, 1.165) is 25.3 Å². The lowest BCUT2D eigenvalue weighted by Gasteiger charge is -2.31. The van der Waals surface area contributed by atoms with E-state index < -0.39 is 0 Å². The molecule has 0 radical (unpaired) electrons. The summed E-state index contributed by atoms with van der Waals surface area (Å²) in [4.78, 5) is 0. The SMILES string of the molecule is CCCOc1cccc(C(CN)C2CCCCN2)c1. The zero-order chi connectivity index (χ0) is 13.5. The molecule has 1 saturated heterocycles. The van der Waals surface area contributed by atoms with Gasteiger partial charge in [0.2, 0.25) is 0 Å². The van der Waals surface area contributed by atoms with Crippen molar-refractivity contribution in [3.8, 4) is 5.75 Å². The lowest BCUT2D eigenvalue weighted by Crippen LogP contribution is -2.41. The first-order valence-electron chi connectivity index (χ1n) is 7.51. The van der Waals surface area contributed by atoms with Crippen LogP contribution in [0.2, 0.25) is 0 Å². The van der Waals surface area contributed by atoms with Gasteiger partial charge in [-0.05, 0) is 43.5 Å². The maximum Gasteiger partial charge on any atom is 0.119 e. The lowest BCUT2D eigenvalue weighted by atomic mass is 9.86. The second kappa shape index (κ2) is 7.51. The highest BCUT2D eigenvalue weighted by Gasteiger charge is 2.23. The molecular formula is C16H26N2O. The van der Waals surface area contributed by atoms with Crippen molar-refractivity contribution in [2.24, 2.45) is 5.73 Å². The Morgan fingerprint density at radius 3 is 3.00 bits per heavy atom. The van der Waals surface area contributed by atoms with E-state index in [1.807, 2.05) is 6.07 Å². The molecule has 106 valence electrons. The van der Waals surface area contributed by atoms with Crippen molar-refractivity contribution in [1.29, 1.82) is 0 Å². The van der Waals surface area contributed by atoms with Crippen LogP contribution in [-0.2, 0) is 0 Å². The van der Waals surface area contributed by atoms with Gasteiger partial charge in [-0.2, -0.15) is 0 Å². The Labute approximate surface area is 116 Å². The maximum atomic E-state index is 6.01. The molecule has 1 fully saturated rings. The van der Waals surface area contributed by atoms with Crippen LogP contribution in [-0.4, -0.2) is 25.7 Å². The molecule has 3 heteroatoms. The fourth-order valence-electron chi connectivity index (χ4n) is 2.81. The van der Waals surface area contributed by atoms with Crippen LogP contribution in [0.1, 0.15) is 44.1 Å². The van der Waals surface area contributed by atoms with Crippen LogP contribution in [0.25, 0.3) is 0 Å². The molecule has 0 saturated carbocycles. The summed E-state index contributed by atoms with van der Waals surface area (Å²) >= 11 is 0. The number of piperidine rings is 1. The molecule has 1 heterocycles. The summed E-state index contributed by atoms with van der Waals surface area (Å²) in [7, 11) is 0. The molecule has 1 aliphatic heterocycles. The highest BCUT2D eigenvalue weighted by atomic mass is 16.5. The van der Waals surface area contributed by atoms with E-state index in [2.05, 4.69) is 30.4 Å². The average molecular weight is 262 g/mol. The van der Waals surface area contributed by atoms with Crippen molar-refractivity contribution in [1.82, 2.24) is 5.32 Å². The Morgan fingerprint density at radius 1 is 1.42 bits per heavy atom. The number of nitrogens with one attached hydrogen (secondary N) is 1. The first-order chi connectivity index (χ1) is 9.35. The van der Waals surface area contributed by atoms with Crippen LogP contribution in [0, 0.1) is 0 Å². The topological polar surface area (TPSA) is 47.3 Å². The minimum atomic E-state index is 0.394. The average Bonchev–Trinajstić information content (AvgIpc) is 2.47. The molecule has 0 spiro atoms. The van der Waals surface area contributed by atoms with Crippen molar-refractivity contribution in [3.05, 3.63) is 29.8 Å². The molecule has 1 aromatic rings. The van der Waals surface area contributed by atoms with E-state index in [1.165, 1.54) is 24.8 Å². The quantitative estimate of drug-likeness (QED) is 0.828. The molecule has 3 N–H and O–H groups in total. The summed E-state index contributed by atoms with van der Waals surface area (Å²) in [6.45, 7) is 4.71. The maximum absolute atomic E-state index is 6.01. The first kappa shape index (κ1) is 14.4. The molecule has 0 bridgehead atoms. The number of hydrogen-bond acceptors (Lipinski definition) is 3. The molecule has 1 aliphatic rings. The fraction of sp³-hybridized carbons (Fsp3) is 0.625. The molecule has 0 amide bonds. The molecular weight excluding hydrogens is 236 g/mol. The van der Waals surface area contributed by atoms with Crippen LogP contribution in [0.4, 0.5) is 0 Å². The van der Waals surface area contributed by atoms with Crippen LogP contribution in [0.15, 0.2) is 24.3 Å². The highest BCUT2D eigenvalue weighted by Crippen LogP contribution is 2.27. The summed E-state index contributed by atoms with van der Waals surface area (Å²) < 4.78 is 5.72. The van der Waals surface area contributed by atoms with Gasteiger partial charge in [-0.25, -0.2) is 0 Å². The molecule has 0 aliphatic carbocycles. The molecule has 1 aromatic carbocycles. The number of ether oxygens (including phenoxy) is 1. The third kappa shape index (κ3) is 3.95. The fourth-order valence-corrected chi connectivity index (χ4v) is 2.81. The van der Waals surface area contributed by atoms with E-state index in [4.69, 9.17) is 10.5 Å². The Hall–Kier alpha value is -1.06. The predicted molar refractivity (Wildman–Crippen MR) is 79.7 cm³/mol. The minimum absolute atomic E-state index is 0.394. The minimum Gasteiger partial charge on any atom is -0.494 e. The Bertz CT molecular complexity index is 375. The first-order valence-corrected chi connectivity index (χ1v) is 7.51. The largest absolute Gasteiger partial charge is 0.494 e. The van der Waals surface area contributed by atoms with Crippen molar-refractivity contribution < 1.29 is 4.74 Å². The third-order valence-electron chi connectivity index (χ3n) is 3.85. The van der Waals surface area contributed by atoms with E-state index >= 15 is 0 Å². The summed E-state index contributed by atoms with van der Waals surface area (Å²) in [5.41, 5.74) is 7.31. The van der Waals surface area contributed by atoms with E-state index in [0.29, 0.717) is 18.5 Å². The lowest BCUT2D eigenvalue weighted by molar-refractivity contribution is 0.315. The monoisotopic (exact) mass is 262 g/mol. The van der Waals surface area contributed by atoms with Crippen LogP contribution >= 0.6 is 0 Å². The second-order valence-corrected chi connectivity index (χ2v) is 5.32. The van der Waals surface area contributed by atoms with Gasteiger partial charge in [0.25, 0.3) is 0 Å².